The number of pyridine rings is 1. The maximum atomic E-state index is 13.7. The first-order valence-electron chi connectivity index (χ1n) is 15.1. The van der Waals surface area contributed by atoms with Gasteiger partial charge in [-0.3, -0.25) is 14.6 Å². The summed E-state index contributed by atoms with van der Waals surface area (Å²) >= 11 is 0. The summed E-state index contributed by atoms with van der Waals surface area (Å²) in [6.45, 7) is 2.38. The van der Waals surface area contributed by atoms with E-state index in [-0.39, 0.29) is 35.4 Å². The van der Waals surface area contributed by atoms with Crippen molar-refractivity contribution in [2.75, 3.05) is 46.5 Å². The van der Waals surface area contributed by atoms with Crippen molar-refractivity contribution in [3.8, 4) is 22.9 Å². The van der Waals surface area contributed by atoms with Crippen molar-refractivity contribution >= 4 is 17.8 Å². The summed E-state index contributed by atoms with van der Waals surface area (Å²) < 4.78 is 31.7. The van der Waals surface area contributed by atoms with Crippen molar-refractivity contribution in [3.63, 3.8) is 0 Å². The molecule has 0 atom stereocenters. The minimum atomic E-state index is -0.575. The van der Waals surface area contributed by atoms with Crippen molar-refractivity contribution in [1.82, 2.24) is 24.3 Å². The molecule has 0 unspecified atom stereocenters. The number of rotatable bonds is 5. The van der Waals surface area contributed by atoms with E-state index in [1.54, 1.807) is 16.0 Å². The molecule has 12 heteroatoms. The second-order valence-corrected chi connectivity index (χ2v) is 10.8. The van der Waals surface area contributed by atoms with E-state index < -0.39 is 5.97 Å². The first-order chi connectivity index (χ1) is 22.4. The lowest BCUT2D eigenvalue weighted by atomic mass is 10.1. The van der Waals surface area contributed by atoms with Crippen molar-refractivity contribution < 1.29 is 33.0 Å². The molecule has 2 amide bonds. The highest BCUT2D eigenvalue weighted by Gasteiger charge is 2.20. The highest BCUT2D eigenvalue weighted by Crippen LogP contribution is 2.23. The number of halogens is 1. The topological polar surface area (TPSA) is 116 Å². The van der Waals surface area contributed by atoms with Crippen LogP contribution in [0.2, 0.25) is 0 Å². The normalized spacial score (nSPS) is 14.4. The number of ether oxygens (including phenoxy) is 3. The number of imidazole rings is 1. The number of carbonyl (C=O) groups is 3. The monoisotopic (exact) mass is 629 g/mol. The fourth-order valence-electron chi connectivity index (χ4n) is 5.17. The van der Waals surface area contributed by atoms with Crippen LogP contribution in [-0.4, -0.2) is 88.6 Å². The van der Waals surface area contributed by atoms with Gasteiger partial charge in [-0.2, -0.15) is 0 Å². The number of methoxy groups -OCH3 is 1. The van der Waals surface area contributed by atoms with Gasteiger partial charge in [0.25, 0.3) is 11.8 Å². The predicted octanol–water partition coefficient (Wildman–Crippen LogP) is 4.48. The Balaban J connectivity index is 1.34. The van der Waals surface area contributed by atoms with E-state index in [2.05, 4.69) is 9.97 Å². The molecular formula is C34H36FN5O6. The Morgan fingerprint density at radius 1 is 0.891 bits per heavy atom. The van der Waals surface area contributed by atoms with Gasteiger partial charge in [-0.15, -0.1) is 0 Å². The van der Waals surface area contributed by atoms with Crippen molar-refractivity contribution in [2.24, 2.45) is 0 Å². The number of aromatic nitrogens is 3. The minimum Gasteiger partial charge on any atom is -0.494 e. The average molecular weight is 630 g/mol. The Morgan fingerprint density at radius 3 is 2.46 bits per heavy atom. The molecule has 5 rings (SSSR count). The van der Waals surface area contributed by atoms with Gasteiger partial charge in [-0.25, -0.2) is 14.2 Å². The minimum absolute atomic E-state index is 0.186. The Bertz CT molecular complexity index is 1640. The number of hydrogen-bond acceptors (Lipinski definition) is 8. The maximum absolute atomic E-state index is 13.7. The summed E-state index contributed by atoms with van der Waals surface area (Å²) in [5, 5.41) is 0. The Kier molecular flexibility index (Phi) is 10.9. The van der Waals surface area contributed by atoms with Crippen LogP contribution in [0.25, 0.3) is 11.4 Å². The summed E-state index contributed by atoms with van der Waals surface area (Å²) in [5.41, 5.74) is 1.34. The van der Waals surface area contributed by atoms with Crippen LogP contribution >= 0.6 is 0 Å². The molecular weight excluding hydrogens is 593 g/mol. The zero-order chi connectivity index (χ0) is 32.3. The zero-order valence-corrected chi connectivity index (χ0v) is 25.6. The standard InChI is InChI=1S/C34H36FN5O6/c1-44-34(43)27-20-26(22-36-23-27)33(42)40-14-3-2-13-38(31(41)24-46-29-10-8-28(35)9-11-29)15-5-19-45-30-7-4-6-25(21-30)32-37-12-16-39(32)17-18-40/h4,6-12,16,20-23H,2-3,5,13-15,17-19,24H2,1H3. The van der Waals surface area contributed by atoms with Crippen LogP contribution in [-0.2, 0) is 16.1 Å². The van der Waals surface area contributed by atoms with Crippen LogP contribution in [0.15, 0.2) is 79.4 Å². The molecule has 46 heavy (non-hydrogen) atoms. The number of fused-ring (bicyclic) bond motifs is 4. The summed E-state index contributed by atoms with van der Waals surface area (Å²) in [6.07, 6.45) is 8.24. The van der Waals surface area contributed by atoms with Gasteiger partial charge in [0.15, 0.2) is 6.61 Å². The molecule has 2 bridgehead atoms. The van der Waals surface area contributed by atoms with Crippen molar-refractivity contribution in [1.29, 1.82) is 0 Å². The van der Waals surface area contributed by atoms with Gasteiger partial charge in [0.1, 0.15) is 23.1 Å². The van der Waals surface area contributed by atoms with Crippen LogP contribution in [0, 0.1) is 5.82 Å². The summed E-state index contributed by atoms with van der Waals surface area (Å²) in [4.78, 5) is 51.1. The van der Waals surface area contributed by atoms with E-state index >= 15 is 0 Å². The van der Waals surface area contributed by atoms with Crippen LogP contribution in [0.3, 0.4) is 0 Å². The Labute approximate surface area is 266 Å². The molecule has 2 aromatic heterocycles. The van der Waals surface area contributed by atoms with E-state index in [0.717, 1.165) is 11.4 Å². The fraction of sp³-hybridized carbons (Fsp3) is 0.324. The van der Waals surface area contributed by atoms with Gasteiger partial charge in [0.2, 0.25) is 0 Å². The first-order valence-corrected chi connectivity index (χ1v) is 15.1. The van der Waals surface area contributed by atoms with Crippen LogP contribution in [0.4, 0.5) is 4.39 Å². The molecule has 0 saturated heterocycles. The second-order valence-electron chi connectivity index (χ2n) is 10.8. The lowest BCUT2D eigenvalue weighted by Crippen LogP contribution is -2.38. The first kappa shape index (κ1) is 32.1. The van der Waals surface area contributed by atoms with Crippen LogP contribution in [0.5, 0.6) is 11.5 Å². The molecule has 0 radical (unpaired) electrons. The second kappa shape index (κ2) is 15.6. The highest BCUT2D eigenvalue weighted by molar-refractivity contribution is 5.97. The molecule has 0 aliphatic carbocycles. The van der Waals surface area contributed by atoms with E-state index in [1.165, 1.54) is 49.8 Å². The molecule has 0 fully saturated rings. The molecule has 0 N–H and O–H groups in total. The number of amides is 2. The predicted molar refractivity (Wildman–Crippen MR) is 167 cm³/mol. The van der Waals surface area contributed by atoms with Crippen LogP contribution < -0.4 is 9.47 Å². The molecule has 2 aromatic carbocycles. The zero-order valence-electron chi connectivity index (χ0n) is 25.6. The number of nitrogens with zero attached hydrogens (tertiary/aromatic N) is 5. The summed E-state index contributed by atoms with van der Waals surface area (Å²) in [7, 11) is 1.28. The maximum Gasteiger partial charge on any atom is 0.339 e. The Hall–Kier alpha value is -5.26. The third kappa shape index (κ3) is 8.46. The number of hydrogen-bond donors (Lipinski definition) is 0. The van der Waals surface area contributed by atoms with E-state index in [1.807, 2.05) is 35.0 Å². The SMILES string of the molecule is COC(=O)c1cncc(C(=O)N2CCCCN(C(=O)COc3ccc(F)cc3)CCCOc3cccc(c3)-c3nccn3CC2)c1. The largest absolute Gasteiger partial charge is 0.494 e. The average Bonchev–Trinajstić information content (AvgIpc) is 3.56. The molecule has 240 valence electrons. The molecule has 4 aromatic rings. The van der Waals surface area contributed by atoms with Crippen LogP contribution in [0.1, 0.15) is 40.0 Å². The van der Waals surface area contributed by atoms with Gasteiger partial charge in [-0.1, -0.05) is 12.1 Å². The molecule has 0 spiro atoms. The molecule has 1 aliphatic rings. The molecule has 1 aliphatic heterocycles. The fourth-order valence-corrected chi connectivity index (χ4v) is 5.17. The highest BCUT2D eigenvalue weighted by atomic mass is 19.1. The third-order valence-corrected chi connectivity index (χ3v) is 7.59. The smallest absolute Gasteiger partial charge is 0.339 e. The van der Waals surface area contributed by atoms with Crippen molar-refractivity contribution in [3.05, 3.63) is 96.3 Å². The molecule has 3 heterocycles. The van der Waals surface area contributed by atoms with Gasteiger partial charge >= 0.3 is 5.97 Å². The van der Waals surface area contributed by atoms with E-state index in [0.29, 0.717) is 70.1 Å². The molecule has 11 nitrogen and oxygen atoms in total. The third-order valence-electron chi connectivity index (χ3n) is 7.59. The Morgan fingerprint density at radius 2 is 1.65 bits per heavy atom. The van der Waals surface area contributed by atoms with Gasteiger partial charge < -0.3 is 28.6 Å². The number of benzene rings is 2. The van der Waals surface area contributed by atoms with E-state index in [4.69, 9.17) is 14.2 Å². The summed E-state index contributed by atoms with van der Waals surface area (Å²) in [5.74, 6) is 0.406. The quantitative estimate of drug-likeness (QED) is 0.297. The molecule has 0 saturated carbocycles. The van der Waals surface area contributed by atoms with Gasteiger partial charge in [0, 0.05) is 63.1 Å². The number of esters is 1. The van der Waals surface area contributed by atoms with E-state index in [9.17, 15) is 18.8 Å². The lowest BCUT2D eigenvalue weighted by molar-refractivity contribution is -0.133. The van der Waals surface area contributed by atoms with Crippen molar-refractivity contribution in [2.45, 2.75) is 25.8 Å². The lowest BCUT2D eigenvalue weighted by Gasteiger charge is -2.25. The summed E-state index contributed by atoms with van der Waals surface area (Å²) in [6, 6.07) is 14.7. The van der Waals surface area contributed by atoms with Gasteiger partial charge in [0.05, 0.1) is 24.8 Å². The van der Waals surface area contributed by atoms with Gasteiger partial charge in [-0.05, 0) is 61.7 Å². The number of carbonyl (C=O) groups excluding carboxylic acids is 3.